The lowest BCUT2D eigenvalue weighted by Gasteiger charge is -2.46. The maximum Gasteiger partial charge on any atom is 0.252 e. The zero-order valence-electron chi connectivity index (χ0n) is 74.9. The molecule has 0 saturated heterocycles. The molecule has 0 aliphatic carbocycles. The first-order valence-electron chi connectivity index (χ1n) is 47.1. The second kappa shape index (κ2) is 30.8. The number of hydrogen-bond donors (Lipinski definition) is 0. The SMILES string of the molecule is CC(C)(C)c1cc2c3c(c1)N(c1c(-c4ccccc4)cc(-c4ccc5ccccc5c4)cc1-c1ccccc1)c1cc(-n4c5ccc(-c6ccc7ccccc7c6)cc5c5c6ccccc6ccc54)ccc1B3c1ccc(-n3c4ccc(-c5ccc6ccccc6c5)cc4c4c5ccccc5ccc43)cc1N2c1c(-c2ccccc2)cc(-c2ccc3ccccc3c2)cc1-c1ccccc1. The Balaban J connectivity index is 0.791. The molecule has 4 nitrogen and oxygen atoms in total. The van der Waals surface area contributed by atoms with E-state index in [4.69, 9.17) is 0 Å². The number of hydrogen-bond acceptors (Lipinski definition) is 2. The molecule has 630 valence electrons. The van der Waals surface area contributed by atoms with Crippen LogP contribution in [-0.2, 0) is 5.41 Å². The Labute approximate surface area is 784 Å². The quantitative estimate of drug-likeness (QED) is 0.113. The minimum absolute atomic E-state index is 0.350. The maximum atomic E-state index is 2.75. The molecule has 0 N–H and O–H groups in total. The second-order valence-corrected chi connectivity index (χ2v) is 37.8. The lowest BCUT2D eigenvalue weighted by Crippen LogP contribution is -2.61. The number of anilines is 6. The number of benzene rings is 23. The Bertz CT molecular complexity index is 8590. The van der Waals surface area contributed by atoms with E-state index in [1.807, 2.05) is 0 Å². The Morgan fingerprint density at radius 2 is 0.474 bits per heavy atom. The number of nitrogens with zero attached hydrogens (tertiary/aromatic N) is 4. The summed E-state index contributed by atoms with van der Waals surface area (Å²) in [7, 11) is 0. The Kier molecular flexibility index (Phi) is 17.7. The third kappa shape index (κ3) is 12.7. The van der Waals surface area contributed by atoms with Crippen LogP contribution in [0.5, 0.6) is 0 Å². The van der Waals surface area contributed by atoms with Crippen LogP contribution in [-0.4, -0.2) is 15.8 Å². The molecule has 2 aliphatic heterocycles. The van der Waals surface area contributed by atoms with E-state index in [1.165, 1.54) is 130 Å². The molecule has 0 bridgehead atoms. The summed E-state index contributed by atoms with van der Waals surface area (Å²) in [6.45, 7) is 6.90. The molecule has 2 aromatic heterocycles. The predicted molar refractivity (Wildman–Crippen MR) is 576 cm³/mol. The predicted octanol–water partition coefficient (Wildman–Crippen LogP) is 33.5. The Hall–Kier alpha value is -17.1. The van der Waals surface area contributed by atoms with Gasteiger partial charge in [0, 0.05) is 77.9 Å². The normalized spacial score (nSPS) is 12.5. The van der Waals surface area contributed by atoms with Crippen LogP contribution >= 0.6 is 0 Å². The van der Waals surface area contributed by atoms with Gasteiger partial charge in [0.05, 0.1) is 33.4 Å². The minimum atomic E-state index is -0.424. The summed E-state index contributed by atoms with van der Waals surface area (Å²) >= 11 is 0. The molecule has 23 aromatic carbocycles. The van der Waals surface area contributed by atoms with Crippen LogP contribution in [0.25, 0.3) is 209 Å². The molecule has 0 saturated carbocycles. The van der Waals surface area contributed by atoms with Crippen LogP contribution < -0.4 is 26.2 Å². The van der Waals surface area contributed by atoms with Gasteiger partial charge in [-0.2, -0.15) is 0 Å². The van der Waals surface area contributed by atoms with Crippen molar-refractivity contribution in [2.45, 2.75) is 26.2 Å². The number of rotatable bonds is 12. The standard InChI is InChI=1S/C130H87BN4/c1-130(2,3)104-78-123-127-124(79-104)135(129-111(88-36-12-6-13-37-88)76-103(77-112(129)89-38-14-7-15-39-89)99-55-51-85-31-19-23-45-95(85)71-99)122-81-106(133-118-65-59-101(97-53-49-83-29-17-21-43-93(83)69-97)73-114(118)126-108-47-27-25-41-91(108)57-67-120(126)133)61-63-116(122)131(127)115-62-60-105(132-117-64-58-100(96-52-48-82-28-16-20-42-92(82)68-96)72-113(117)125-107-46-26-24-40-90(107)56-66-119(125)132)80-121(115)134(123)128-109(86-32-8-4-9-33-86)74-102(75-110(128)87-34-10-5-11-35-87)98-54-50-84-30-18-22-44-94(84)70-98/h4-81H,1-3H3. The highest BCUT2D eigenvalue weighted by Gasteiger charge is 2.47. The summed E-state index contributed by atoms with van der Waals surface area (Å²) in [4.78, 5) is 5.51. The van der Waals surface area contributed by atoms with Gasteiger partial charge in [0.2, 0.25) is 0 Å². The van der Waals surface area contributed by atoms with E-state index in [9.17, 15) is 0 Å². The molecular formula is C130H87BN4. The van der Waals surface area contributed by atoms with Gasteiger partial charge >= 0.3 is 0 Å². The van der Waals surface area contributed by atoms with E-state index in [2.05, 4.69) is 513 Å². The van der Waals surface area contributed by atoms with Gasteiger partial charge in [-0.15, -0.1) is 0 Å². The summed E-state index contributed by atoms with van der Waals surface area (Å²) in [5.41, 5.74) is 35.7. The summed E-state index contributed by atoms with van der Waals surface area (Å²) in [5, 5.41) is 19.4. The molecule has 27 rings (SSSR count). The fraction of sp³-hybridized carbons (Fsp3) is 0.0308. The van der Waals surface area contributed by atoms with E-state index in [-0.39, 0.29) is 6.71 Å². The van der Waals surface area contributed by atoms with Crippen molar-refractivity contribution in [2.24, 2.45) is 0 Å². The van der Waals surface area contributed by atoms with Gasteiger partial charge in [-0.1, -0.05) is 373 Å². The number of aromatic nitrogens is 2. The molecule has 0 fully saturated rings. The second-order valence-electron chi connectivity index (χ2n) is 37.8. The molecular weight excluding hydrogens is 1630 g/mol. The molecule has 2 aliphatic rings. The largest absolute Gasteiger partial charge is 0.310 e. The summed E-state index contributed by atoms with van der Waals surface area (Å²) in [5.74, 6) is 0. The Morgan fingerprint density at radius 3 is 0.815 bits per heavy atom. The van der Waals surface area contributed by atoms with Crippen LogP contribution in [0.1, 0.15) is 26.3 Å². The first-order chi connectivity index (χ1) is 66.5. The topological polar surface area (TPSA) is 16.3 Å². The van der Waals surface area contributed by atoms with Crippen LogP contribution in [0.3, 0.4) is 0 Å². The zero-order chi connectivity index (χ0) is 89.3. The first-order valence-corrected chi connectivity index (χ1v) is 47.1. The molecule has 25 aromatic rings. The van der Waals surface area contributed by atoms with Gasteiger partial charge in [0.1, 0.15) is 0 Å². The van der Waals surface area contributed by atoms with Crippen molar-refractivity contribution in [2.75, 3.05) is 9.80 Å². The first kappa shape index (κ1) is 77.8. The van der Waals surface area contributed by atoms with Crippen molar-refractivity contribution < 1.29 is 0 Å². The molecule has 0 amide bonds. The molecule has 135 heavy (non-hydrogen) atoms. The molecule has 0 atom stereocenters. The molecule has 0 unspecified atom stereocenters. The fourth-order valence-corrected chi connectivity index (χ4v) is 22.6. The molecule has 4 heterocycles. The van der Waals surface area contributed by atoms with Gasteiger partial charge in [-0.3, -0.25) is 0 Å². The number of fused-ring (bicyclic) bond motifs is 18. The van der Waals surface area contributed by atoms with E-state index in [1.54, 1.807) is 0 Å². The average Bonchev–Trinajstić information content (AvgIpc) is 1.08. The van der Waals surface area contributed by atoms with Gasteiger partial charge in [0.25, 0.3) is 6.71 Å². The van der Waals surface area contributed by atoms with E-state index < -0.39 is 5.41 Å². The van der Waals surface area contributed by atoms with Crippen LogP contribution in [0, 0.1) is 0 Å². The van der Waals surface area contributed by atoms with Crippen LogP contribution in [0.2, 0.25) is 0 Å². The lowest BCUT2D eigenvalue weighted by atomic mass is 9.33. The summed E-state index contributed by atoms with van der Waals surface area (Å²) in [6.07, 6.45) is 0. The van der Waals surface area contributed by atoms with E-state index in [0.29, 0.717) is 0 Å². The molecule has 0 spiro atoms. The molecule has 0 radical (unpaired) electrons. The van der Waals surface area contributed by atoms with Crippen molar-refractivity contribution >= 4 is 165 Å². The molecule has 5 heteroatoms. The third-order valence-electron chi connectivity index (χ3n) is 29.1. The van der Waals surface area contributed by atoms with Gasteiger partial charge in [-0.25, -0.2) is 0 Å². The highest BCUT2D eigenvalue weighted by atomic mass is 15.2. The monoisotopic (exact) mass is 1710 g/mol. The van der Waals surface area contributed by atoms with E-state index >= 15 is 0 Å². The smallest absolute Gasteiger partial charge is 0.252 e. The summed E-state index contributed by atoms with van der Waals surface area (Å²) < 4.78 is 5.15. The van der Waals surface area contributed by atoms with Crippen molar-refractivity contribution in [3.63, 3.8) is 0 Å². The minimum Gasteiger partial charge on any atom is -0.310 e. The third-order valence-corrected chi connectivity index (χ3v) is 29.1. The average molecular weight is 1720 g/mol. The van der Waals surface area contributed by atoms with Gasteiger partial charge in [-0.05, 0) is 280 Å². The maximum absolute atomic E-state index is 2.75. The highest BCUT2D eigenvalue weighted by Crippen LogP contribution is 2.57. The van der Waals surface area contributed by atoms with Gasteiger partial charge < -0.3 is 18.9 Å². The van der Waals surface area contributed by atoms with Crippen molar-refractivity contribution in [1.29, 1.82) is 0 Å². The van der Waals surface area contributed by atoms with Crippen LogP contribution in [0.15, 0.2) is 473 Å². The zero-order valence-corrected chi connectivity index (χ0v) is 74.9. The Morgan fingerprint density at radius 1 is 0.193 bits per heavy atom. The fourth-order valence-electron chi connectivity index (χ4n) is 22.6. The van der Waals surface area contributed by atoms with Gasteiger partial charge in [0.15, 0.2) is 0 Å². The van der Waals surface area contributed by atoms with E-state index in [0.717, 1.165) is 134 Å². The highest BCUT2D eigenvalue weighted by molar-refractivity contribution is 7.00. The summed E-state index contributed by atoms with van der Waals surface area (Å²) in [6, 6.07) is 180. The van der Waals surface area contributed by atoms with Crippen molar-refractivity contribution in [1.82, 2.24) is 9.13 Å². The van der Waals surface area contributed by atoms with Crippen LogP contribution in [0.4, 0.5) is 34.1 Å². The van der Waals surface area contributed by atoms with Crippen molar-refractivity contribution in [3.05, 3.63) is 479 Å². The lowest BCUT2D eigenvalue weighted by molar-refractivity contribution is 0.590. The van der Waals surface area contributed by atoms with Crippen molar-refractivity contribution in [3.8, 4) is 100 Å².